The number of aryl methyl sites for hydroxylation is 2. The van der Waals surface area contributed by atoms with Gasteiger partial charge in [0.15, 0.2) is 0 Å². The van der Waals surface area contributed by atoms with Crippen molar-refractivity contribution < 1.29 is 4.79 Å². The van der Waals surface area contributed by atoms with Gasteiger partial charge in [-0.15, -0.1) is 0 Å². The van der Waals surface area contributed by atoms with Crippen LogP contribution in [0.15, 0.2) is 6.20 Å². The van der Waals surface area contributed by atoms with Crippen LogP contribution in [0.1, 0.15) is 32.0 Å². The molecule has 5 heteroatoms. The average Bonchev–Trinajstić information content (AvgIpc) is 2.66. The molecular formula is C12H18N4O. The summed E-state index contributed by atoms with van der Waals surface area (Å²) in [5.74, 6) is -0.258. The van der Waals surface area contributed by atoms with Gasteiger partial charge in [0.1, 0.15) is 5.41 Å². The van der Waals surface area contributed by atoms with Crippen LogP contribution in [0.4, 0.5) is 0 Å². The number of hydrogen-bond donors (Lipinski definition) is 1. The van der Waals surface area contributed by atoms with Crippen molar-refractivity contribution in [3.63, 3.8) is 0 Å². The molecule has 1 rings (SSSR count). The molecular weight excluding hydrogens is 216 g/mol. The minimum atomic E-state index is -0.991. The van der Waals surface area contributed by atoms with E-state index in [1.165, 1.54) is 0 Å². The standard InChI is InChI=1S/C12H18N4O/c1-5-10-9(7-16(4)15-10)6-14-11(17)12(2,3)8-13/h7H,5-6H2,1-4H3,(H,14,17). The summed E-state index contributed by atoms with van der Waals surface area (Å²) in [6.07, 6.45) is 2.71. The molecule has 17 heavy (non-hydrogen) atoms. The third kappa shape index (κ3) is 3.06. The number of hydrogen-bond acceptors (Lipinski definition) is 3. The van der Waals surface area contributed by atoms with E-state index in [0.717, 1.165) is 17.7 Å². The first-order chi connectivity index (χ1) is 7.90. The van der Waals surface area contributed by atoms with E-state index in [1.807, 2.05) is 26.2 Å². The first-order valence-corrected chi connectivity index (χ1v) is 5.61. The lowest BCUT2D eigenvalue weighted by Crippen LogP contribution is -2.35. The van der Waals surface area contributed by atoms with Crippen molar-refractivity contribution in [2.45, 2.75) is 33.7 Å². The molecule has 0 atom stereocenters. The van der Waals surface area contributed by atoms with E-state index in [4.69, 9.17) is 5.26 Å². The zero-order chi connectivity index (χ0) is 13.1. The lowest BCUT2D eigenvalue weighted by atomic mass is 9.95. The predicted molar refractivity (Wildman–Crippen MR) is 63.8 cm³/mol. The summed E-state index contributed by atoms with van der Waals surface area (Å²) in [4.78, 5) is 11.7. The molecule has 5 nitrogen and oxygen atoms in total. The number of carbonyl (C=O) groups excluding carboxylic acids is 1. The Morgan fingerprint density at radius 2 is 2.29 bits per heavy atom. The second-order valence-corrected chi connectivity index (χ2v) is 4.55. The molecule has 1 aromatic heterocycles. The first-order valence-electron chi connectivity index (χ1n) is 5.61. The van der Waals surface area contributed by atoms with Crippen LogP contribution in [0, 0.1) is 16.7 Å². The van der Waals surface area contributed by atoms with E-state index in [1.54, 1.807) is 18.5 Å². The van der Waals surface area contributed by atoms with Crippen molar-refractivity contribution in [3.8, 4) is 6.07 Å². The molecule has 1 N–H and O–H groups in total. The van der Waals surface area contributed by atoms with Gasteiger partial charge in [-0.3, -0.25) is 9.48 Å². The molecule has 1 aromatic rings. The molecule has 0 radical (unpaired) electrons. The van der Waals surface area contributed by atoms with E-state index in [9.17, 15) is 4.79 Å². The summed E-state index contributed by atoms with van der Waals surface area (Å²) in [6, 6.07) is 1.98. The maximum atomic E-state index is 11.7. The van der Waals surface area contributed by atoms with Crippen LogP contribution in [0.5, 0.6) is 0 Å². The highest BCUT2D eigenvalue weighted by molar-refractivity contribution is 5.84. The van der Waals surface area contributed by atoms with Crippen LogP contribution in [-0.4, -0.2) is 15.7 Å². The first kappa shape index (κ1) is 13.2. The average molecular weight is 234 g/mol. The molecule has 0 aromatic carbocycles. The lowest BCUT2D eigenvalue weighted by molar-refractivity contribution is -0.126. The molecule has 0 aliphatic rings. The normalized spacial score (nSPS) is 11.0. The van der Waals surface area contributed by atoms with Gasteiger partial charge >= 0.3 is 0 Å². The van der Waals surface area contributed by atoms with Gasteiger partial charge in [-0.25, -0.2) is 0 Å². The molecule has 1 amide bonds. The fraction of sp³-hybridized carbons (Fsp3) is 0.583. The Morgan fingerprint density at radius 3 is 2.82 bits per heavy atom. The Bertz CT molecular complexity index is 454. The Balaban J connectivity index is 2.68. The van der Waals surface area contributed by atoms with Crippen LogP contribution >= 0.6 is 0 Å². The van der Waals surface area contributed by atoms with Gasteiger partial charge in [0.2, 0.25) is 5.91 Å². The number of carbonyl (C=O) groups is 1. The van der Waals surface area contributed by atoms with E-state index in [2.05, 4.69) is 10.4 Å². The van der Waals surface area contributed by atoms with Gasteiger partial charge in [-0.2, -0.15) is 10.4 Å². The van der Waals surface area contributed by atoms with Crippen molar-refractivity contribution in [3.05, 3.63) is 17.5 Å². The van der Waals surface area contributed by atoms with Crippen LogP contribution in [0.3, 0.4) is 0 Å². The van der Waals surface area contributed by atoms with Crippen LogP contribution in [0.25, 0.3) is 0 Å². The van der Waals surface area contributed by atoms with Gasteiger partial charge in [0, 0.05) is 25.4 Å². The third-order valence-electron chi connectivity index (χ3n) is 2.61. The van der Waals surface area contributed by atoms with Crippen molar-refractivity contribution in [2.75, 3.05) is 0 Å². The molecule has 0 fully saturated rings. The summed E-state index contributed by atoms with van der Waals surface area (Å²) in [5.41, 5.74) is 0.980. The van der Waals surface area contributed by atoms with Gasteiger partial charge in [0.25, 0.3) is 0 Å². The number of rotatable bonds is 4. The fourth-order valence-corrected chi connectivity index (χ4v) is 1.48. The largest absolute Gasteiger partial charge is 0.351 e. The summed E-state index contributed by atoms with van der Waals surface area (Å²) >= 11 is 0. The monoisotopic (exact) mass is 234 g/mol. The third-order valence-corrected chi connectivity index (χ3v) is 2.61. The van der Waals surface area contributed by atoms with E-state index in [0.29, 0.717) is 6.54 Å². The predicted octanol–water partition coefficient (Wildman–Crippen LogP) is 1.15. The fourth-order valence-electron chi connectivity index (χ4n) is 1.48. The molecule has 0 unspecified atom stereocenters. The molecule has 0 bridgehead atoms. The van der Waals surface area contributed by atoms with Gasteiger partial charge in [0.05, 0.1) is 11.8 Å². The topological polar surface area (TPSA) is 70.7 Å². The highest BCUT2D eigenvalue weighted by Crippen LogP contribution is 2.14. The molecule has 0 saturated heterocycles. The molecule has 1 heterocycles. The Kier molecular flexibility index (Phi) is 3.89. The highest BCUT2D eigenvalue weighted by Gasteiger charge is 2.26. The summed E-state index contributed by atoms with van der Waals surface area (Å²) in [6.45, 7) is 5.65. The SMILES string of the molecule is CCc1nn(C)cc1CNC(=O)C(C)(C)C#N. The van der Waals surface area contributed by atoms with E-state index < -0.39 is 5.41 Å². The molecule has 92 valence electrons. The van der Waals surface area contributed by atoms with Crippen molar-refractivity contribution >= 4 is 5.91 Å². The maximum absolute atomic E-state index is 11.7. The van der Waals surface area contributed by atoms with Crippen molar-refractivity contribution in [2.24, 2.45) is 12.5 Å². The minimum Gasteiger partial charge on any atom is -0.351 e. The zero-order valence-corrected chi connectivity index (χ0v) is 10.7. The second-order valence-electron chi connectivity index (χ2n) is 4.55. The number of nitrogens with zero attached hydrogens (tertiary/aromatic N) is 3. The van der Waals surface area contributed by atoms with Gasteiger partial charge in [-0.1, -0.05) is 6.92 Å². The number of aromatic nitrogens is 2. The zero-order valence-electron chi connectivity index (χ0n) is 10.7. The molecule has 0 aliphatic heterocycles. The van der Waals surface area contributed by atoms with Crippen LogP contribution < -0.4 is 5.32 Å². The van der Waals surface area contributed by atoms with Crippen molar-refractivity contribution in [1.29, 1.82) is 5.26 Å². The minimum absolute atomic E-state index is 0.258. The summed E-state index contributed by atoms with van der Waals surface area (Å²) < 4.78 is 1.73. The Morgan fingerprint density at radius 1 is 1.65 bits per heavy atom. The highest BCUT2D eigenvalue weighted by atomic mass is 16.2. The molecule has 0 aliphatic carbocycles. The van der Waals surface area contributed by atoms with E-state index >= 15 is 0 Å². The molecule has 0 spiro atoms. The van der Waals surface area contributed by atoms with E-state index in [-0.39, 0.29) is 5.91 Å². The van der Waals surface area contributed by atoms with Gasteiger partial charge in [-0.05, 0) is 20.3 Å². The second kappa shape index (κ2) is 5.00. The Hall–Kier alpha value is -1.83. The summed E-state index contributed by atoms with van der Waals surface area (Å²) in [5, 5.41) is 15.9. The Labute approximate surface area is 101 Å². The number of nitrogens with one attached hydrogen (secondary N) is 1. The smallest absolute Gasteiger partial charge is 0.240 e. The van der Waals surface area contributed by atoms with Crippen LogP contribution in [-0.2, 0) is 24.8 Å². The maximum Gasteiger partial charge on any atom is 0.240 e. The summed E-state index contributed by atoms with van der Waals surface area (Å²) in [7, 11) is 1.85. The number of nitriles is 1. The van der Waals surface area contributed by atoms with Crippen LogP contribution in [0.2, 0.25) is 0 Å². The number of amides is 1. The quantitative estimate of drug-likeness (QED) is 0.849. The van der Waals surface area contributed by atoms with Gasteiger partial charge < -0.3 is 5.32 Å². The molecule has 0 saturated carbocycles. The van der Waals surface area contributed by atoms with Crippen molar-refractivity contribution in [1.82, 2.24) is 15.1 Å². The lowest BCUT2D eigenvalue weighted by Gasteiger charge is -2.14.